The van der Waals surface area contributed by atoms with Crippen LogP contribution in [0.3, 0.4) is 0 Å². The molecule has 0 spiro atoms. The Kier molecular flexibility index (Phi) is 6.31. The van der Waals surface area contributed by atoms with E-state index in [4.69, 9.17) is 11.1 Å². The van der Waals surface area contributed by atoms with Gasteiger partial charge in [0.05, 0.1) is 11.3 Å². The molecule has 162 valence electrons. The van der Waals surface area contributed by atoms with Crippen LogP contribution in [0.25, 0.3) is 0 Å². The van der Waals surface area contributed by atoms with E-state index in [1.54, 1.807) is 4.90 Å². The molecule has 1 aromatic heterocycles. The van der Waals surface area contributed by atoms with Crippen molar-refractivity contribution in [1.29, 1.82) is 10.7 Å². The van der Waals surface area contributed by atoms with Crippen molar-refractivity contribution < 1.29 is 0 Å². The van der Waals surface area contributed by atoms with Crippen LogP contribution in [0, 0.1) is 16.9 Å². The summed E-state index contributed by atoms with van der Waals surface area (Å²) in [6.45, 7) is 2.66. The Bertz CT molecular complexity index is 1120. The van der Waals surface area contributed by atoms with E-state index in [2.05, 4.69) is 40.5 Å². The smallest absolute Gasteiger partial charge is 0.179 e. The molecule has 4 rings (SSSR count). The zero-order chi connectivity index (χ0) is 22.5. The molecule has 2 atom stereocenters. The first-order chi connectivity index (χ1) is 15.5. The zero-order valence-electron chi connectivity index (χ0n) is 18.1. The van der Waals surface area contributed by atoms with Crippen LogP contribution in [0.5, 0.6) is 0 Å². The normalized spacial score (nSPS) is 18.1. The molecular weight excluding hydrogens is 398 g/mol. The van der Waals surface area contributed by atoms with Crippen LogP contribution in [-0.2, 0) is 6.42 Å². The van der Waals surface area contributed by atoms with Gasteiger partial charge in [-0.2, -0.15) is 5.26 Å². The Morgan fingerprint density at radius 1 is 1.12 bits per heavy atom. The summed E-state index contributed by atoms with van der Waals surface area (Å²) < 4.78 is 0. The van der Waals surface area contributed by atoms with Crippen LogP contribution in [0.1, 0.15) is 42.0 Å². The van der Waals surface area contributed by atoms with Crippen LogP contribution in [0.15, 0.2) is 60.9 Å². The van der Waals surface area contributed by atoms with Crippen molar-refractivity contribution in [1.82, 2.24) is 14.9 Å². The summed E-state index contributed by atoms with van der Waals surface area (Å²) in [4.78, 5) is 10.3. The summed E-state index contributed by atoms with van der Waals surface area (Å²) in [7, 11) is 0. The van der Waals surface area contributed by atoms with E-state index in [1.165, 1.54) is 17.5 Å². The molecule has 7 heteroatoms. The number of aromatic nitrogens is 2. The van der Waals surface area contributed by atoms with Gasteiger partial charge in [0.15, 0.2) is 6.19 Å². The van der Waals surface area contributed by atoms with Gasteiger partial charge in [0.2, 0.25) is 0 Å². The van der Waals surface area contributed by atoms with Gasteiger partial charge >= 0.3 is 0 Å². The lowest BCUT2D eigenvalue weighted by Gasteiger charge is -2.35. The van der Waals surface area contributed by atoms with Crippen molar-refractivity contribution in [3.05, 3.63) is 83.2 Å². The monoisotopic (exact) mass is 425 g/mol. The number of hydrogen-bond acceptors (Lipinski definition) is 7. The van der Waals surface area contributed by atoms with Gasteiger partial charge in [-0.1, -0.05) is 54.6 Å². The molecule has 0 amide bonds. The first-order valence-corrected chi connectivity index (χ1v) is 10.8. The number of benzene rings is 2. The Labute approximate surface area is 188 Å². The van der Waals surface area contributed by atoms with E-state index < -0.39 is 0 Å². The fourth-order valence-electron chi connectivity index (χ4n) is 4.08. The number of likely N-dealkylation sites (tertiary alicyclic amines) is 1. The molecule has 1 aliphatic heterocycles. The average molecular weight is 426 g/mol. The molecule has 3 aromatic rings. The Hall–Kier alpha value is -3.92. The Balaban J connectivity index is 1.53. The van der Waals surface area contributed by atoms with Crippen LogP contribution in [0.4, 0.5) is 11.6 Å². The maximum absolute atomic E-state index is 9.36. The lowest BCUT2D eigenvalue weighted by molar-refractivity contribution is 0.226. The minimum Gasteiger partial charge on any atom is -0.383 e. The molecule has 2 aromatic carbocycles. The zero-order valence-corrected chi connectivity index (χ0v) is 18.1. The molecule has 2 heterocycles. The number of piperidine rings is 1. The average Bonchev–Trinajstić information content (AvgIpc) is 2.81. The molecule has 1 fully saturated rings. The highest BCUT2D eigenvalue weighted by Crippen LogP contribution is 2.25. The highest BCUT2D eigenvalue weighted by atomic mass is 15.2. The Morgan fingerprint density at radius 2 is 1.84 bits per heavy atom. The van der Waals surface area contributed by atoms with Crippen molar-refractivity contribution in [3.63, 3.8) is 0 Å². The van der Waals surface area contributed by atoms with Crippen molar-refractivity contribution >= 4 is 17.3 Å². The minimum atomic E-state index is 0.0555. The fourth-order valence-corrected chi connectivity index (χ4v) is 4.08. The molecule has 0 aliphatic carbocycles. The van der Waals surface area contributed by atoms with Crippen molar-refractivity contribution in [3.8, 4) is 6.19 Å². The summed E-state index contributed by atoms with van der Waals surface area (Å²) in [5, 5.41) is 21.6. The Morgan fingerprint density at radius 3 is 2.56 bits per heavy atom. The number of rotatable bonds is 6. The number of hydrogen-bond donors (Lipinski definition) is 3. The third-order valence-electron chi connectivity index (χ3n) is 5.97. The SMILES string of the molecule is CC1CCC(Nc2ncnc(N)c2C(=N)c2ccc(Cc3ccccc3)cc2)CN1C#N. The molecule has 4 N–H and O–H groups in total. The van der Waals surface area contributed by atoms with Gasteiger partial charge in [0, 0.05) is 24.2 Å². The largest absolute Gasteiger partial charge is 0.383 e. The van der Waals surface area contributed by atoms with Gasteiger partial charge in [-0.3, -0.25) is 5.41 Å². The number of nitriles is 1. The van der Waals surface area contributed by atoms with Gasteiger partial charge in [0.25, 0.3) is 0 Å². The molecule has 0 radical (unpaired) electrons. The number of nitrogens with one attached hydrogen (secondary N) is 2. The topological polar surface area (TPSA) is 115 Å². The summed E-state index contributed by atoms with van der Waals surface area (Å²) in [5.41, 5.74) is 10.1. The van der Waals surface area contributed by atoms with E-state index in [0.29, 0.717) is 17.9 Å². The molecule has 7 nitrogen and oxygen atoms in total. The van der Waals surface area contributed by atoms with Crippen LogP contribution in [0.2, 0.25) is 0 Å². The molecule has 0 saturated carbocycles. The second kappa shape index (κ2) is 9.48. The summed E-state index contributed by atoms with van der Waals surface area (Å²) >= 11 is 0. The second-order valence-electron chi connectivity index (χ2n) is 8.24. The molecule has 2 unspecified atom stereocenters. The lowest BCUT2D eigenvalue weighted by Crippen LogP contribution is -2.44. The highest BCUT2D eigenvalue weighted by Gasteiger charge is 2.26. The van der Waals surface area contributed by atoms with Gasteiger partial charge in [-0.25, -0.2) is 9.97 Å². The molecule has 1 saturated heterocycles. The van der Waals surface area contributed by atoms with Crippen LogP contribution >= 0.6 is 0 Å². The van der Waals surface area contributed by atoms with Crippen molar-refractivity contribution in [2.45, 2.75) is 38.3 Å². The standard InChI is InChI=1S/C25H27N7/c1-17-7-12-21(14-32(17)15-26)31-25-22(24(28)29-16-30-25)23(27)20-10-8-19(9-11-20)13-18-5-3-2-4-6-18/h2-6,8-11,16-17,21,27H,7,12-14H2,1H3,(H3,28,29,30,31). The molecule has 0 bridgehead atoms. The summed E-state index contributed by atoms with van der Waals surface area (Å²) in [5.74, 6) is 0.801. The van der Waals surface area contributed by atoms with E-state index in [0.717, 1.165) is 24.8 Å². The number of nitrogens with zero attached hydrogens (tertiary/aromatic N) is 4. The predicted molar refractivity (Wildman–Crippen MR) is 126 cm³/mol. The quantitative estimate of drug-likeness (QED) is 0.409. The summed E-state index contributed by atoms with van der Waals surface area (Å²) in [6, 6.07) is 18.5. The molecule has 1 aliphatic rings. The third-order valence-corrected chi connectivity index (χ3v) is 5.97. The van der Waals surface area contributed by atoms with Gasteiger partial charge < -0.3 is 16.0 Å². The van der Waals surface area contributed by atoms with Crippen molar-refractivity contribution in [2.75, 3.05) is 17.6 Å². The predicted octanol–water partition coefficient (Wildman–Crippen LogP) is 3.81. The van der Waals surface area contributed by atoms with Crippen molar-refractivity contribution in [2.24, 2.45) is 0 Å². The van der Waals surface area contributed by atoms with Crippen LogP contribution in [-0.4, -0.2) is 39.2 Å². The second-order valence-corrected chi connectivity index (χ2v) is 8.24. The first-order valence-electron chi connectivity index (χ1n) is 10.8. The van der Waals surface area contributed by atoms with E-state index >= 15 is 0 Å². The maximum atomic E-state index is 9.36. The third kappa shape index (κ3) is 4.70. The van der Waals surface area contributed by atoms with E-state index in [1.807, 2.05) is 42.5 Å². The fraction of sp³-hybridized carbons (Fsp3) is 0.280. The maximum Gasteiger partial charge on any atom is 0.179 e. The number of anilines is 2. The summed E-state index contributed by atoms with van der Waals surface area (Å²) in [6.07, 6.45) is 6.35. The van der Waals surface area contributed by atoms with Crippen LogP contribution < -0.4 is 11.1 Å². The van der Waals surface area contributed by atoms with E-state index in [-0.39, 0.29) is 23.6 Å². The minimum absolute atomic E-state index is 0.0555. The molecule has 32 heavy (non-hydrogen) atoms. The number of nitrogen functional groups attached to an aromatic ring is 1. The highest BCUT2D eigenvalue weighted by molar-refractivity contribution is 6.16. The van der Waals surface area contributed by atoms with Gasteiger partial charge in [-0.15, -0.1) is 0 Å². The van der Waals surface area contributed by atoms with Gasteiger partial charge in [0.1, 0.15) is 18.0 Å². The number of nitrogens with two attached hydrogens (primary N) is 1. The first kappa shape index (κ1) is 21.3. The van der Waals surface area contributed by atoms with E-state index in [9.17, 15) is 5.26 Å². The lowest BCUT2D eigenvalue weighted by atomic mass is 9.98. The van der Waals surface area contributed by atoms with Gasteiger partial charge in [-0.05, 0) is 37.3 Å². The molecular formula is C25H27N7.